The van der Waals surface area contributed by atoms with Gasteiger partial charge in [-0.2, -0.15) is 0 Å². The monoisotopic (exact) mass is 1110 g/mol. The third-order valence-electron chi connectivity index (χ3n) is 14.5. The molecule has 24 nitrogen and oxygen atoms in total. The van der Waals surface area contributed by atoms with Crippen LogP contribution in [0.4, 0.5) is 10.5 Å². The van der Waals surface area contributed by atoms with Crippen molar-refractivity contribution in [3.63, 3.8) is 0 Å². The number of rotatable bonds is 33. The molecule has 0 bridgehead atoms. The summed E-state index contributed by atoms with van der Waals surface area (Å²) >= 11 is 0. The number of hydrogen-bond acceptors (Lipinski definition) is 14. The number of nitrogens with zero attached hydrogens (tertiary/aromatic N) is 2. The predicted octanol–water partition coefficient (Wildman–Crippen LogP) is 0.803. The van der Waals surface area contributed by atoms with Crippen molar-refractivity contribution in [1.82, 2.24) is 41.7 Å². The zero-order chi connectivity index (χ0) is 58.0. The molecule has 0 spiro atoms. The number of carbonyl (C=O) groups is 9. The molecule has 6 unspecified atom stereocenters. The SMILES string of the molecule is CCC(C)C([C@@H](CC(=O)N1CCCC1C(OC)C(C)C(=O)N[C@@H](Cc1ccccc1)C(=O)NCc1ccc(NC(=O)C(CCCNC(N)=O)NC(=O)CNC(=O)CCCC2OCC(C(N)=O)CO2)cc1)OC)N(C)C(=O)CNC. The van der Waals surface area contributed by atoms with E-state index in [1.165, 1.54) is 7.11 Å². The number of likely N-dealkylation sites (N-methyl/N-ethyl adjacent to an activating group) is 2. The fourth-order valence-corrected chi connectivity index (χ4v) is 9.81. The number of likely N-dealkylation sites (tertiary alicyclic amines) is 1. The van der Waals surface area contributed by atoms with Gasteiger partial charge in [0.15, 0.2) is 6.29 Å². The lowest BCUT2D eigenvalue weighted by atomic mass is 9.90. The first-order valence-corrected chi connectivity index (χ1v) is 27.2. The Morgan fingerprint density at radius 1 is 0.797 bits per heavy atom. The normalized spacial score (nSPS) is 18.8. The zero-order valence-corrected chi connectivity index (χ0v) is 46.8. The molecule has 79 heavy (non-hydrogen) atoms. The van der Waals surface area contributed by atoms with Crippen molar-refractivity contribution in [2.75, 3.05) is 73.0 Å². The zero-order valence-electron chi connectivity index (χ0n) is 46.8. The number of benzene rings is 2. The molecule has 0 saturated carbocycles. The number of carbonyl (C=O) groups excluding carboxylic acids is 9. The number of methoxy groups -OCH3 is 2. The molecule has 2 heterocycles. The summed E-state index contributed by atoms with van der Waals surface area (Å²) in [5.41, 5.74) is 12.3. The van der Waals surface area contributed by atoms with E-state index in [0.29, 0.717) is 43.5 Å². The Balaban J connectivity index is 1.35. The van der Waals surface area contributed by atoms with Crippen molar-refractivity contribution in [3.8, 4) is 0 Å². The molecule has 11 N–H and O–H groups in total. The third kappa shape index (κ3) is 21.1. The molecule has 438 valence electrons. The standard InChI is InChI=1S/C55H85N11O13/c1-8-34(2)49(65(5)47(70)31-58-4)43(76-6)28-46(69)66-26-14-18-42(66)50(77-7)35(3)52(72)64-41(27-36-15-10-9-11-16-36)53(73)61-29-37-21-23-39(24-22-37)62-54(74)40(17-13-25-59-55(57)75)63-45(68)30-60-44(67)19-12-20-48-78-32-38(33-79-48)51(56)71/h9-11,15-16,21-24,34-35,38,40-43,48-50,58H,8,12-14,17-20,25-33H2,1-7H3,(H2,56,71)(H,60,67)(H,61,73)(H,62,74)(H,63,68)(H,64,72)(H3,57,59,75)/t34?,35?,38?,40?,41-,42?,43+,48?,49?,50?/m0/s1. The van der Waals surface area contributed by atoms with E-state index in [-0.39, 0.29) is 88.7 Å². The van der Waals surface area contributed by atoms with Crippen LogP contribution in [0.1, 0.15) is 89.7 Å². The average Bonchev–Trinajstić information content (AvgIpc) is 4.01. The molecule has 2 fully saturated rings. The molecular weight excluding hydrogens is 1020 g/mol. The van der Waals surface area contributed by atoms with Crippen LogP contribution < -0.4 is 48.7 Å². The van der Waals surface area contributed by atoms with Crippen LogP contribution in [0.25, 0.3) is 0 Å². The van der Waals surface area contributed by atoms with Crippen molar-refractivity contribution in [2.24, 2.45) is 29.2 Å². The van der Waals surface area contributed by atoms with Crippen LogP contribution in [0, 0.1) is 17.8 Å². The number of anilines is 1. The van der Waals surface area contributed by atoms with Crippen LogP contribution in [0.3, 0.4) is 0 Å². The van der Waals surface area contributed by atoms with E-state index in [1.807, 2.05) is 44.2 Å². The van der Waals surface area contributed by atoms with Crippen LogP contribution >= 0.6 is 0 Å². The molecule has 2 aliphatic heterocycles. The second kappa shape index (κ2) is 33.6. The summed E-state index contributed by atoms with van der Waals surface area (Å²) in [6.07, 6.45) is 1.65. The van der Waals surface area contributed by atoms with Gasteiger partial charge in [-0.05, 0) is 74.8 Å². The van der Waals surface area contributed by atoms with E-state index in [9.17, 15) is 43.2 Å². The molecule has 0 radical (unpaired) electrons. The fraction of sp³-hybridized carbons (Fsp3) is 0.618. The van der Waals surface area contributed by atoms with E-state index >= 15 is 0 Å². The second-order valence-corrected chi connectivity index (χ2v) is 20.2. The van der Waals surface area contributed by atoms with Gasteiger partial charge in [0, 0.05) is 59.4 Å². The van der Waals surface area contributed by atoms with Gasteiger partial charge < -0.3 is 77.4 Å². The minimum absolute atomic E-state index is 0.0246. The van der Waals surface area contributed by atoms with Gasteiger partial charge in [-0.15, -0.1) is 0 Å². The average molecular weight is 1110 g/mol. The lowest BCUT2D eigenvalue weighted by Crippen LogP contribution is -2.55. The molecule has 2 aromatic carbocycles. The van der Waals surface area contributed by atoms with E-state index in [1.54, 1.807) is 62.2 Å². The summed E-state index contributed by atoms with van der Waals surface area (Å²) < 4.78 is 22.9. The first kappa shape index (κ1) is 64.8. The molecule has 2 aliphatic rings. The Labute approximate surface area is 463 Å². The third-order valence-corrected chi connectivity index (χ3v) is 14.5. The van der Waals surface area contributed by atoms with E-state index in [4.69, 9.17) is 30.4 Å². The van der Waals surface area contributed by atoms with Crippen molar-refractivity contribution < 1.29 is 62.1 Å². The van der Waals surface area contributed by atoms with Crippen LogP contribution in [0.15, 0.2) is 54.6 Å². The van der Waals surface area contributed by atoms with Crippen molar-refractivity contribution in [3.05, 3.63) is 65.7 Å². The lowest BCUT2D eigenvalue weighted by molar-refractivity contribution is -0.203. The molecule has 0 aromatic heterocycles. The van der Waals surface area contributed by atoms with Gasteiger partial charge in [0.25, 0.3) is 0 Å². The van der Waals surface area contributed by atoms with Crippen molar-refractivity contribution in [1.29, 1.82) is 0 Å². The Bertz CT molecular complexity index is 2300. The van der Waals surface area contributed by atoms with Gasteiger partial charge in [-0.1, -0.05) is 69.7 Å². The van der Waals surface area contributed by atoms with Gasteiger partial charge in [-0.3, -0.25) is 38.4 Å². The largest absolute Gasteiger partial charge is 0.379 e. The highest BCUT2D eigenvalue weighted by Crippen LogP contribution is 2.29. The second-order valence-electron chi connectivity index (χ2n) is 20.2. The first-order chi connectivity index (χ1) is 37.8. The highest BCUT2D eigenvalue weighted by atomic mass is 16.7. The minimum atomic E-state index is -1.06. The van der Waals surface area contributed by atoms with Crippen LogP contribution in [-0.2, 0) is 70.3 Å². The molecule has 10 amide bonds. The number of ether oxygens (including phenoxy) is 4. The summed E-state index contributed by atoms with van der Waals surface area (Å²) in [6, 6.07) is 12.3. The highest BCUT2D eigenvalue weighted by molar-refractivity contribution is 5.98. The van der Waals surface area contributed by atoms with Crippen molar-refractivity contribution >= 4 is 59.0 Å². The quantitative estimate of drug-likeness (QED) is 0.0447. The van der Waals surface area contributed by atoms with Gasteiger partial charge in [0.1, 0.15) is 12.1 Å². The summed E-state index contributed by atoms with van der Waals surface area (Å²) in [5, 5.41) is 19.2. The number of nitrogens with one attached hydrogen (secondary N) is 7. The number of hydrogen-bond donors (Lipinski definition) is 9. The molecule has 24 heteroatoms. The summed E-state index contributed by atoms with van der Waals surface area (Å²) in [7, 11) is 6.49. The van der Waals surface area contributed by atoms with Crippen LogP contribution in [0.5, 0.6) is 0 Å². The van der Waals surface area contributed by atoms with Crippen molar-refractivity contribution in [2.45, 2.75) is 134 Å². The van der Waals surface area contributed by atoms with Gasteiger partial charge in [0.05, 0.1) is 68.9 Å². The number of amides is 10. The number of urea groups is 1. The first-order valence-electron chi connectivity index (χ1n) is 27.2. The molecule has 8 atom stereocenters. The summed E-state index contributed by atoms with van der Waals surface area (Å²) in [5.74, 6) is -4.53. The number of primary amides is 2. The predicted molar refractivity (Wildman–Crippen MR) is 293 cm³/mol. The Morgan fingerprint density at radius 2 is 1.49 bits per heavy atom. The lowest BCUT2D eigenvalue weighted by Gasteiger charge is -2.39. The maximum Gasteiger partial charge on any atom is 0.312 e. The van der Waals surface area contributed by atoms with E-state index < -0.39 is 96.5 Å². The minimum Gasteiger partial charge on any atom is -0.379 e. The topological polar surface area (TPSA) is 333 Å². The molecule has 2 aromatic rings. The van der Waals surface area contributed by atoms with E-state index in [2.05, 4.69) is 37.2 Å². The van der Waals surface area contributed by atoms with Gasteiger partial charge >= 0.3 is 6.03 Å². The Hall–Kier alpha value is -6.73. The Kier molecular flexibility index (Phi) is 27.6. The summed E-state index contributed by atoms with van der Waals surface area (Å²) in [4.78, 5) is 120. The smallest absolute Gasteiger partial charge is 0.312 e. The molecule has 4 rings (SSSR count). The maximum absolute atomic E-state index is 14.2. The van der Waals surface area contributed by atoms with Gasteiger partial charge in [-0.25, -0.2) is 4.79 Å². The molecular formula is C55H85N11O13. The molecule has 0 aliphatic carbocycles. The van der Waals surface area contributed by atoms with Crippen LogP contribution in [-0.4, -0.2) is 173 Å². The summed E-state index contributed by atoms with van der Waals surface area (Å²) in [6.45, 7) is 6.48. The van der Waals surface area contributed by atoms with Gasteiger partial charge in [0.2, 0.25) is 47.3 Å². The number of nitrogens with two attached hydrogens (primary N) is 2. The highest BCUT2D eigenvalue weighted by Gasteiger charge is 2.42. The van der Waals surface area contributed by atoms with Crippen LogP contribution in [0.2, 0.25) is 0 Å². The van der Waals surface area contributed by atoms with E-state index in [0.717, 1.165) is 12.0 Å². The molecule has 2 saturated heterocycles. The Morgan fingerprint density at radius 3 is 2.11 bits per heavy atom. The fourth-order valence-electron chi connectivity index (χ4n) is 9.81. The maximum atomic E-state index is 14.2.